The number of hydrogen-bond acceptors (Lipinski definition) is 1. The summed E-state index contributed by atoms with van der Waals surface area (Å²) in [6, 6.07) is 1.98. The van der Waals surface area contributed by atoms with Crippen LogP contribution in [0.5, 0.6) is 0 Å². The van der Waals surface area contributed by atoms with Crippen LogP contribution >= 0.6 is 15.9 Å². The first kappa shape index (κ1) is 14.2. The molecule has 0 saturated heterocycles. The Labute approximate surface area is 129 Å². The van der Waals surface area contributed by atoms with Gasteiger partial charge in [-0.2, -0.15) is 0 Å². The van der Waals surface area contributed by atoms with Gasteiger partial charge in [0.15, 0.2) is 0 Å². The van der Waals surface area contributed by atoms with Crippen LogP contribution in [0, 0.1) is 11.8 Å². The van der Waals surface area contributed by atoms with E-state index in [1.54, 1.807) is 0 Å². The fraction of sp³-hybridized carbons (Fsp3) is 0.688. The molecule has 0 bridgehead atoms. The Kier molecular flexibility index (Phi) is 4.20. The quantitative estimate of drug-likeness (QED) is 0.739. The summed E-state index contributed by atoms with van der Waals surface area (Å²) in [5.74, 6) is 1.74. The van der Waals surface area contributed by atoms with E-state index in [9.17, 15) is 4.79 Å². The number of aromatic nitrogens is 1. The zero-order valence-corrected chi connectivity index (χ0v) is 13.7. The van der Waals surface area contributed by atoms with Gasteiger partial charge in [-0.25, -0.2) is 0 Å². The molecule has 0 N–H and O–H groups in total. The maximum atomic E-state index is 12.9. The van der Waals surface area contributed by atoms with Crippen molar-refractivity contribution in [2.24, 2.45) is 11.8 Å². The average molecular weight is 339 g/mol. The summed E-state index contributed by atoms with van der Waals surface area (Å²) in [6.45, 7) is 4.98. The minimum atomic E-state index is 0.225. The number of halogens is 1. The summed E-state index contributed by atoms with van der Waals surface area (Å²) in [7, 11) is 0. The smallest absolute Gasteiger partial charge is 0.270 e. The number of rotatable bonds is 7. The molecule has 2 saturated carbocycles. The van der Waals surface area contributed by atoms with Gasteiger partial charge in [-0.3, -0.25) is 4.79 Å². The number of carbonyl (C=O) groups is 1. The molecule has 0 aliphatic heterocycles. The summed E-state index contributed by atoms with van der Waals surface area (Å²) in [5.41, 5.74) is 0.847. The van der Waals surface area contributed by atoms with E-state index < -0.39 is 0 Å². The fourth-order valence-corrected chi connectivity index (χ4v) is 3.17. The van der Waals surface area contributed by atoms with Crippen LogP contribution in [0.2, 0.25) is 0 Å². The van der Waals surface area contributed by atoms with Gasteiger partial charge in [0.25, 0.3) is 5.91 Å². The molecule has 1 aromatic rings. The van der Waals surface area contributed by atoms with Crippen molar-refractivity contribution in [3.8, 4) is 0 Å². The van der Waals surface area contributed by atoms with Crippen LogP contribution in [0.4, 0.5) is 0 Å². The second kappa shape index (κ2) is 5.92. The Morgan fingerprint density at radius 1 is 1.30 bits per heavy atom. The molecule has 2 aliphatic rings. The molecule has 3 nitrogen and oxygen atoms in total. The van der Waals surface area contributed by atoms with Crippen molar-refractivity contribution in [1.29, 1.82) is 0 Å². The molecule has 0 unspecified atom stereocenters. The molecule has 0 atom stereocenters. The van der Waals surface area contributed by atoms with Gasteiger partial charge in [0.05, 0.1) is 0 Å². The number of nitrogens with zero attached hydrogens (tertiary/aromatic N) is 2. The highest BCUT2D eigenvalue weighted by Gasteiger charge is 2.32. The minimum Gasteiger partial charge on any atom is -0.342 e. The maximum absolute atomic E-state index is 12.9. The third kappa shape index (κ3) is 3.46. The predicted molar refractivity (Wildman–Crippen MR) is 83.8 cm³/mol. The largest absolute Gasteiger partial charge is 0.342 e. The number of amides is 1. The molecule has 110 valence electrons. The molecular formula is C16H23BrN2O. The second-order valence-electron chi connectivity index (χ2n) is 6.33. The normalized spacial score (nSPS) is 18.3. The molecule has 0 aromatic carbocycles. The van der Waals surface area contributed by atoms with Crippen molar-refractivity contribution in [3.63, 3.8) is 0 Å². The molecule has 0 radical (unpaired) electrons. The van der Waals surface area contributed by atoms with E-state index in [4.69, 9.17) is 0 Å². The van der Waals surface area contributed by atoms with Crippen molar-refractivity contribution in [1.82, 2.24) is 9.47 Å². The first-order valence-corrected chi connectivity index (χ1v) is 8.61. The molecule has 1 heterocycles. The van der Waals surface area contributed by atoms with E-state index in [-0.39, 0.29) is 5.91 Å². The highest BCUT2D eigenvalue weighted by molar-refractivity contribution is 9.10. The Morgan fingerprint density at radius 3 is 2.40 bits per heavy atom. The molecule has 2 fully saturated rings. The standard InChI is InChI=1S/C16H23BrN2O/c1-2-7-18-11-14(17)8-15(18)16(20)19(9-12-3-4-12)10-13-5-6-13/h8,11-13H,2-7,9-10H2,1H3. The first-order valence-electron chi connectivity index (χ1n) is 7.82. The topological polar surface area (TPSA) is 25.2 Å². The van der Waals surface area contributed by atoms with Gasteiger partial charge in [0.2, 0.25) is 0 Å². The van der Waals surface area contributed by atoms with Gasteiger partial charge < -0.3 is 9.47 Å². The summed E-state index contributed by atoms with van der Waals surface area (Å²) < 4.78 is 3.10. The van der Waals surface area contributed by atoms with E-state index in [0.29, 0.717) is 0 Å². The molecule has 1 aromatic heterocycles. The highest BCUT2D eigenvalue weighted by atomic mass is 79.9. The maximum Gasteiger partial charge on any atom is 0.270 e. The summed E-state index contributed by atoms with van der Waals surface area (Å²) in [4.78, 5) is 15.0. The van der Waals surface area contributed by atoms with E-state index in [0.717, 1.165) is 48.1 Å². The van der Waals surface area contributed by atoms with E-state index >= 15 is 0 Å². The monoisotopic (exact) mass is 338 g/mol. The van der Waals surface area contributed by atoms with E-state index in [1.807, 2.05) is 12.3 Å². The number of aryl methyl sites for hydroxylation is 1. The molecule has 4 heteroatoms. The van der Waals surface area contributed by atoms with Crippen molar-refractivity contribution in [2.75, 3.05) is 13.1 Å². The van der Waals surface area contributed by atoms with Crippen LogP contribution in [-0.4, -0.2) is 28.5 Å². The zero-order chi connectivity index (χ0) is 14.1. The Morgan fingerprint density at radius 2 is 1.90 bits per heavy atom. The van der Waals surface area contributed by atoms with Gasteiger partial charge in [0.1, 0.15) is 5.69 Å². The van der Waals surface area contributed by atoms with Crippen molar-refractivity contribution in [2.45, 2.75) is 45.6 Å². The fourth-order valence-electron chi connectivity index (χ4n) is 2.71. The second-order valence-corrected chi connectivity index (χ2v) is 7.25. The van der Waals surface area contributed by atoms with Crippen LogP contribution < -0.4 is 0 Å². The Bertz CT molecular complexity index is 475. The van der Waals surface area contributed by atoms with Crippen LogP contribution in [0.15, 0.2) is 16.7 Å². The molecule has 2 aliphatic carbocycles. The van der Waals surface area contributed by atoms with Crippen molar-refractivity contribution >= 4 is 21.8 Å². The highest BCUT2D eigenvalue weighted by Crippen LogP contribution is 2.34. The Balaban J connectivity index is 1.75. The van der Waals surface area contributed by atoms with Crippen molar-refractivity contribution in [3.05, 3.63) is 22.4 Å². The summed E-state index contributed by atoms with van der Waals surface area (Å²) in [5, 5.41) is 0. The van der Waals surface area contributed by atoms with Gasteiger partial charge in [0, 0.05) is 30.3 Å². The first-order chi connectivity index (χ1) is 9.67. The minimum absolute atomic E-state index is 0.225. The zero-order valence-electron chi connectivity index (χ0n) is 12.1. The molecule has 3 rings (SSSR count). The summed E-state index contributed by atoms with van der Waals surface area (Å²) >= 11 is 3.51. The lowest BCUT2D eigenvalue weighted by molar-refractivity contribution is 0.0728. The van der Waals surface area contributed by atoms with E-state index in [1.165, 1.54) is 25.7 Å². The SMILES string of the molecule is CCCn1cc(Br)cc1C(=O)N(CC1CC1)CC1CC1. The van der Waals surface area contributed by atoms with Crippen LogP contribution in [0.25, 0.3) is 0 Å². The molecule has 20 heavy (non-hydrogen) atoms. The van der Waals surface area contributed by atoms with E-state index in [2.05, 4.69) is 32.3 Å². The van der Waals surface area contributed by atoms with Crippen LogP contribution in [0.3, 0.4) is 0 Å². The molecular weight excluding hydrogens is 316 g/mol. The predicted octanol–water partition coefficient (Wildman–Crippen LogP) is 3.92. The average Bonchev–Trinajstić information content (AvgIpc) is 3.31. The van der Waals surface area contributed by atoms with Gasteiger partial charge in [-0.1, -0.05) is 6.92 Å². The Hall–Kier alpha value is -0.770. The van der Waals surface area contributed by atoms with Crippen LogP contribution in [-0.2, 0) is 6.54 Å². The third-order valence-electron chi connectivity index (χ3n) is 4.19. The lowest BCUT2D eigenvalue weighted by atomic mass is 10.2. The molecule has 0 spiro atoms. The summed E-state index contributed by atoms with van der Waals surface area (Å²) in [6.07, 6.45) is 8.28. The molecule has 1 amide bonds. The van der Waals surface area contributed by atoms with Gasteiger partial charge in [-0.15, -0.1) is 0 Å². The van der Waals surface area contributed by atoms with Gasteiger partial charge >= 0.3 is 0 Å². The lowest BCUT2D eigenvalue weighted by Crippen LogP contribution is -2.36. The lowest BCUT2D eigenvalue weighted by Gasteiger charge is -2.23. The van der Waals surface area contributed by atoms with Crippen LogP contribution in [0.1, 0.15) is 49.5 Å². The number of hydrogen-bond donors (Lipinski definition) is 0. The van der Waals surface area contributed by atoms with Crippen molar-refractivity contribution < 1.29 is 4.79 Å². The van der Waals surface area contributed by atoms with Gasteiger partial charge in [-0.05, 0) is 65.9 Å². The number of carbonyl (C=O) groups excluding carboxylic acids is 1. The third-order valence-corrected chi connectivity index (χ3v) is 4.62.